The molecule has 0 bridgehead atoms. The van der Waals surface area contributed by atoms with Gasteiger partial charge in [-0.05, 0) is 13.1 Å². The minimum atomic E-state index is -0.435. The van der Waals surface area contributed by atoms with Crippen LogP contribution in [0.3, 0.4) is 0 Å². The Morgan fingerprint density at radius 3 is 2.50 bits per heavy atom. The van der Waals surface area contributed by atoms with Gasteiger partial charge in [-0.25, -0.2) is 4.79 Å². The molecule has 2 rings (SSSR count). The zero-order valence-electron chi connectivity index (χ0n) is 9.18. The highest BCUT2D eigenvalue weighted by Gasteiger charge is 2.20. The number of hydrogen-bond acceptors (Lipinski definition) is 4. The van der Waals surface area contributed by atoms with Crippen molar-refractivity contribution >= 4 is 5.91 Å². The van der Waals surface area contributed by atoms with Crippen LogP contribution in [0.1, 0.15) is 10.4 Å². The molecule has 1 aliphatic rings. The summed E-state index contributed by atoms with van der Waals surface area (Å²) in [6.07, 6.45) is 1.23. The van der Waals surface area contributed by atoms with Crippen molar-refractivity contribution in [1.29, 1.82) is 0 Å². The van der Waals surface area contributed by atoms with Gasteiger partial charge in [0.15, 0.2) is 0 Å². The van der Waals surface area contributed by atoms with E-state index < -0.39 is 5.63 Å². The van der Waals surface area contributed by atoms with Crippen LogP contribution < -0.4 is 5.63 Å². The molecule has 0 aromatic carbocycles. The summed E-state index contributed by atoms with van der Waals surface area (Å²) < 4.78 is 4.68. The Morgan fingerprint density at radius 1 is 1.25 bits per heavy atom. The second kappa shape index (κ2) is 4.49. The molecule has 5 heteroatoms. The molecule has 1 amide bonds. The first-order valence-electron chi connectivity index (χ1n) is 5.23. The monoisotopic (exact) mass is 222 g/mol. The maximum atomic E-state index is 12.0. The summed E-state index contributed by atoms with van der Waals surface area (Å²) in [5.74, 6) is -0.0724. The molecule has 0 radical (unpaired) electrons. The van der Waals surface area contributed by atoms with Gasteiger partial charge < -0.3 is 14.2 Å². The molecule has 0 spiro atoms. The largest absolute Gasteiger partial charge is 0.430 e. The molecule has 1 aromatic rings. The first-order valence-corrected chi connectivity index (χ1v) is 5.23. The van der Waals surface area contributed by atoms with Crippen molar-refractivity contribution < 1.29 is 9.21 Å². The molecule has 16 heavy (non-hydrogen) atoms. The average Bonchev–Trinajstić information content (AvgIpc) is 2.30. The first kappa shape index (κ1) is 10.9. The lowest BCUT2D eigenvalue weighted by molar-refractivity contribution is 0.0661. The molecule has 86 valence electrons. The van der Waals surface area contributed by atoms with Gasteiger partial charge in [-0.1, -0.05) is 0 Å². The minimum absolute atomic E-state index is 0.0724. The van der Waals surface area contributed by atoms with Gasteiger partial charge in [-0.15, -0.1) is 0 Å². The highest BCUT2D eigenvalue weighted by Crippen LogP contribution is 2.06. The Morgan fingerprint density at radius 2 is 1.94 bits per heavy atom. The SMILES string of the molecule is CN1CCN(C(=O)c2ccc(=O)oc2)CC1. The van der Waals surface area contributed by atoms with Gasteiger partial charge in [0.05, 0.1) is 5.56 Å². The summed E-state index contributed by atoms with van der Waals surface area (Å²) in [7, 11) is 2.03. The zero-order valence-corrected chi connectivity index (χ0v) is 9.18. The lowest BCUT2D eigenvalue weighted by atomic mass is 10.2. The molecule has 0 aliphatic carbocycles. The van der Waals surface area contributed by atoms with Crippen LogP contribution in [0.15, 0.2) is 27.6 Å². The molecule has 5 nitrogen and oxygen atoms in total. The van der Waals surface area contributed by atoms with Crippen molar-refractivity contribution in [2.24, 2.45) is 0 Å². The number of nitrogens with zero attached hydrogens (tertiary/aromatic N) is 2. The van der Waals surface area contributed by atoms with E-state index in [9.17, 15) is 9.59 Å². The summed E-state index contributed by atoms with van der Waals surface area (Å²) in [6, 6.07) is 2.77. The second-order valence-corrected chi connectivity index (χ2v) is 3.94. The van der Waals surface area contributed by atoms with Crippen LogP contribution >= 0.6 is 0 Å². The van der Waals surface area contributed by atoms with Gasteiger partial charge in [0.1, 0.15) is 6.26 Å². The molecule has 1 aliphatic heterocycles. The lowest BCUT2D eigenvalue weighted by Gasteiger charge is -2.32. The molecular formula is C11H14N2O3. The Labute approximate surface area is 93.3 Å². The Bertz CT molecular complexity index is 413. The van der Waals surface area contributed by atoms with Crippen LogP contribution in [0.25, 0.3) is 0 Å². The topological polar surface area (TPSA) is 53.8 Å². The van der Waals surface area contributed by atoms with E-state index >= 15 is 0 Å². The van der Waals surface area contributed by atoms with Gasteiger partial charge in [-0.2, -0.15) is 0 Å². The lowest BCUT2D eigenvalue weighted by Crippen LogP contribution is -2.47. The summed E-state index contributed by atoms with van der Waals surface area (Å²) in [6.45, 7) is 3.19. The smallest absolute Gasteiger partial charge is 0.335 e. The first-order chi connectivity index (χ1) is 7.66. The quantitative estimate of drug-likeness (QED) is 0.672. The Hall–Kier alpha value is -1.62. The number of carbonyl (C=O) groups is 1. The molecule has 2 heterocycles. The fraction of sp³-hybridized carbons (Fsp3) is 0.455. The van der Waals surface area contributed by atoms with E-state index in [1.165, 1.54) is 18.4 Å². The Balaban J connectivity index is 2.07. The number of hydrogen-bond donors (Lipinski definition) is 0. The molecular weight excluding hydrogens is 208 g/mol. The van der Waals surface area contributed by atoms with Crippen molar-refractivity contribution in [1.82, 2.24) is 9.80 Å². The molecule has 0 N–H and O–H groups in total. The second-order valence-electron chi connectivity index (χ2n) is 3.94. The van der Waals surface area contributed by atoms with Crippen molar-refractivity contribution in [3.8, 4) is 0 Å². The van der Waals surface area contributed by atoms with Crippen molar-refractivity contribution in [2.45, 2.75) is 0 Å². The predicted octanol–water partition coefficient (Wildman–Crippen LogP) is 0.0274. The summed E-state index contributed by atoms with van der Waals surface area (Å²) in [5, 5.41) is 0. The maximum Gasteiger partial charge on any atom is 0.335 e. The molecule has 1 fully saturated rings. The van der Waals surface area contributed by atoms with Crippen LogP contribution in [0, 0.1) is 0 Å². The number of rotatable bonds is 1. The highest BCUT2D eigenvalue weighted by molar-refractivity contribution is 5.93. The molecule has 1 aromatic heterocycles. The fourth-order valence-electron chi connectivity index (χ4n) is 1.67. The molecule has 0 atom stereocenters. The van der Waals surface area contributed by atoms with Crippen molar-refractivity contribution in [3.05, 3.63) is 34.4 Å². The van der Waals surface area contributed by atoms with E-state index in [0.717, 1.165) is 13.1 Å². The Kier molecular flexibility index (Phi) is 3.05. The van der Waals surface area contributed by atoms with E-state index in [4.69, 9.17) is 0 Å². The van der Waals surface area contributed by atoms with Crippen LogP contribution in [0.5, 0.6) is 0 Å². The number of amides is 1. The van der Waals surface area contributed by atoms with Crippen LogP contribution in [-0.2, 0) is 0 Å². The van der Waals surface area contributed by atoms with Gasteiger partial charge in [0.2, 0.25) is 0 Å². The van der Waals surface area contributed by atoms with E-state index in [1.54, 1.807) is 4.90 Å². The summed E-state index contributed by atoms with van der Waals surface area (Å²) in [5.41, 5.74) is -0.000851. The average molecular weight is 222 g/mol. The van der Waals surface area contributed by atoms with E-state index in [-0.39, 0.29) is 5.91 Å². The van der Waals surface area contributed by atoms with Gasteiger partial charge >= 0.3 is 5.63 Å². The summed E-state index contributed by atoms with van der Waals surface area (Å²) in [4.78, 5) is 26.7. The van der Waals surface area contributed by atoms with Gasteiger partial charge in [0, 0.05) is 32.2 Å². The standard InChI is InChI=1S/C11H14N2O3/c1-12-4-6-13(7-5-12)11(15)9-2-3-10(14)16-8-9/h2-3,8H,4-7H2,1H3. The highest BCUT2D eigenvalue weighted by atomic mass is 16.4. The van der Waals surface area contributed by atoms with E-state index in [2.05, 4.69) is 9.32 Å². The van der Waals surface area contributed by atoms with Crippen LogP contribution in [-0.4, -0.2) is 48.9 Å². The third-order valence-corrected chi connectivity index (χ3v) is 2.74. The third-order valence-electron chi connectivity index (χ3n) is 2.74. The van der Waals surface area contributed by atoms with E-state index in [1.807, 2.05) is 7.05 Å². The van der Waals surface area contributed by atoms with Crippen LogP contribution in [0.4, 0.5) is 0 Å². The number of likely N-dealkylation sites (N-methyl/N-ethyl adjacent to an activating group) is 1. The van der Waals surface area contributed by atoms with Crippen molar-refractivity contribution in [2.75, 3.05) is 33.2 Å². The zero-order chi connectivity index (χ0) is 11.5. The maximum absolute atomic E-state index is 12.0. The molecule has 0 unspecified atom stereocenters. The van der Waals surface area contributed by atoms with Gasteiger partial charge in [-0.3, -0.25) is 4.79 Å². The minimum Gasteiger partial charge on any atom is -0.430 e. The van der Waals surface area contributed by atoms with Gasteiger partial charge in [0.25, 0.3) is 5.91 Å². The number of piperazine rings is 1. The molecule has 1 saturated heterocycles. The predicted molar refractivity (Wildman–Crippen MR) is 58.4 cm³/mol. The fourth-order valence-corrected chi connectivity index (χ4v) is 1.67. The van der Waals surface area contributed by atoms with Crippen molar-refractivity contribution in [3.63, 3.8) is 0 Å². The number of carbonyl (C=O) groups excluding carboxylic acids is 1. The summed E-state index contributed by atoms with van der Waals surface area (Å²) >= 11 is 0. The normalized spacial score (nSPS) is 17.4. The third kappa shape index (κ3) is 2.30. The van der Waals surface area contributed by atoms with Crippen LogP contribution in [0.2, 0.25) is 0 Å². The molecule has 0 saturated carbocycles. The van der Waals surface area contributed by atoms with E-state index in [0.29, 0.717) is 18.7 Å².